The van der Waals surface area contributed by atoms with E-state index in [4.69, 9.17) is 4.52 Å². The van der Waals surface area contributed by atoms with Crippen molar-refractivity contribution in [2.75, 3.05) is 25.5 Å². The molecule has 5 rings (SSSR count). The minimum absolute atomic E-state index is 0.111. The van der Waals surface area contributed by atoms with Gasteiger partial charge in [-0.05, 0) is 32.1 Å². The topological polar surface area (TPSA) is 116 Å². The van der Waals surface area contributed by atoms with Gasteiger partial charge in [0.2, 0.25) is 0 Å². The Morgan fingerprint density at radius 2 is 2.00 bits per heavy atom. The summed E-state index contributed by atoms with van der Waals surface area (Å²) in [5.41, 5.74) is 6.04. The molecule has 3 aromatic heterocycles. The molecule has 2 aliphatic rings. The molecule has 5 heterocycles. The van der Waals surface area contributed by atoms with Crippen LogP contribution in [0.2, 0.25) is 0 Å². The van der Waals surface area contributed by atoms with Crippen molar-refractivity contribution in [3.8, 4) is 11.3 Å². The van der Waals surface area contributed by atoms with Crippen LogP contribution in [-0.2, 0) is 11.3 Å². The summed E-state index contributed by atoms with van der Waals surface area (Å²) in [6.45, 7) is 5.31. The van der Waals surface area contributed by atoms with Crippen molar-refractivity contribution >= 4 is 29.2 Å². The maximum absolute atomic E-state index is 13.1. The number of nitrogens with one attached hydrogen (secondary N) is 3. The number of pyridine rings is 1. The Bertz CT molecular complexity index is 1250. The van der Waals surface area contributed by atoms with E-state index in [2.05, 4.69) is 25.8 Å². The van der Waals surface area contributed by atoms with Crippen molar-refractivity contribution in [3.63, 3.8) is 0 Å². The van der Waals surface area contributed by atoms with Crippen LogP contribution in [0.25, 0.3) is 22.9 Å². The fourth-order valence-electron chi connectivity index (χ4n) is 4.04. The number of nitrogens with zero attached hydrogens (tertiary/aromatic N) is 3. The molecule has 0 aromatic carbocycles. The van der Waals surface area contributed by atoms with Crippen LogP contribution in [0.5, 0.6) is 0 Å². The zero-order chi connectivity index (χ0) is 21.7. The molecule has 0 saturated carbocycles. The van der Waals surface area contributed by atoms with Crippen LogP contribution in [-0.4, -0.2) is 52.0 Å². The quantitative estimate of drug-likeness (QED) is 0.516. The molecule has 2 aliphatic heterocycles. The van der Waals surface area contributed by atoms with Crippen LogP contribution < -0.4 is 10.6 Å². The highest BCUT2D eigenvalue weighted by atomic mass is 16.5. The Hall–Kier alpha value is -3.72. The molecule has 0 spiro atoms. The molecule has 3 N–H and O–H groups in total. The molecule has 31 heavy (non-hydrogen) atoms. The SMILES string of the molecule is Cc1cc2c([nH]1)/C=C1\C(=O)Nc3cnc(cc31)-c1c(noc1C)CNCCN(C)C2=O. The summed E-state index contributed by atoms with van der Waals surface area (Å²) in [4.78, 5) is 35.2. The van der Waals surface area contributed by atoms with Gasteiger partial charge in [0.15, 0.2) is 0 Å². The molecule has 158 valence electrons. The van der Waals surface area contributed by atoms with Crippen molar-refractivity contribution in [2.45, 2.75) is 20.4 Å². The lowest BCUT2D eigenvalue weighted by Gasteiger charge is -2.17. The summed E-state index contributed by atoms with van der Waals surface area (Å²) in [5.74, 6) is 0.312. The molecule has 2 bridgehead atoms. The third kappa shape index (κ3) is 3.23. The van der Waals surface area contributed by atoms with Gasteiger partial charge in [-0.3, -0.25) is 14.6 Å². The van der Waals surface area contributed by atoms with E-state index < -0.39 is 0 Å². The molecule has 3 aromatic rings. The lowest BCUT2D eigenvalue weighted by atomic mass is 10.0. The maximum Gasteiger partial charge on any atom is 0.256 e. The third-order valence-corrected chi connectivity index (χ3v) is 5.64. The molecule has 0 unspecified atom stereocenters. The highest BCUT2D eigenvalue weighted by Gasteiger charge is 2.28. The van der Waals surface area contributed by atoms with Gasteiger partial charge in [-0.2, -0.15) is 0 Å². The van der Waals surface area contributed by atoms with E-state index in [0.717, 1.165) is 22.5 Å². The first-order valence-electron chi connectivity index (χ1n) is 10.1. The second-order valence-electron chi connectivity index (χ2n) is 7.87. The number of hydrogen-bond acceptors (Lipinski definition) is 6. The summed E-state index contributed by atoms with van der Waals surface area (Å²) >= 11 is 0. The number of likely N-dealkylation sites (N-methyl/N-ethyl adjacent to an activating group) is 1. The van der Waals surface area contributed by atoms with Gasteiger partial charge in [-0.1, -0.05) is 5.16 Å². The predicted octanol–water partition coefficient (Wildman–Crippen LogP) is 2.35. The number of carbonyl (C=O) groups excluding carboxylic acids is 2. The highest BCUT2D eigenvalue weighted by molar-refractivity contribution is 6.35. The van der Waals surface area contributed by atoms with Crippen LogP contribution in [0, 0.1) is 13.8 Å². The van der Waals surface area contributed by atoms with E-state index >= 15 is 0 Å². The zero-order valence-electron chi connectivity index (χ0n) is 17.5. The van der Waals surface area contributed by atoms with Gasteiger partial charge in [0, 0.05) is 37.9 Å². The van der Waals surface area contributed by atoms with Gasteiger partial charge in [0.05, 0.1) is 40.0 Å². The van der Waals surface area contributed by atoms with Crippen molar-refractivity contribution in [1.82, 2.24) is 25.3 Å². The van der Waals surface area contributed by atoms with Crippen molar-refractivity contribution < 1.29 is 14.1 Å². The number of H-pyrrole nitrogens is 1. The third-order valence-electron chi connectivity index (χ3n) is 5.64. The Kier molecular flexibility index (Phi) is 4.48. The lowest BCUT2D eigenvalue weighted by molar-refractivity contribution is -0.110. The Labute approximate surface area is 178 Å². The molecule has 0 saturated heterocycles. The number of aryl methyl sites for hydroxylation is 2. The summed E-state index contributed by atoms with van der Waals surface area (Å²) in [6, 6.07) is 3.68. The molecule has 0 aliphatic carbocycles. The lowest BCUT2D eigenvalue weighted by Crippen LogP contribution is -2.34. The maximum atomic E-state index is 13.1. The van der Waals surface area contributed by atoms with Crippen LogP contribution >= 0.6 is 0 Å². The minimum Gasteiger partial charge on any atom is -0.361 e. The molecular formula is C22H22N6O3. The first-order chi connectivity index (χ1) is 14.9. The largest absolute Gasteiger partial charge is 0.361 e. The van der Waals surface area contributed by atoms with Crippen LogP contribution in [0.3, 0.4) is 0 Å². The first-order valence-corrected chi connectivity index (χ1v) is 10.1. The fraction of sp³-hybridized carbons (Fsp3) is 0.273. The zero-order valence-corrected chi connectivity index (χ0v) is 17.5. The van der Waals surface area contributed by atoms with E-state index in [1.165, 1.54) is 0 Å². The molecule has 0 radical (unpaired) electrons. The smallest absolute Gasteiger partial charge is 0.256 e. The van der Waals surface area contributed by atoms with Crippen LogP contribution in [0.1, 0.15) is 38.8 Å². The van der Waals surface area contributed by atoms with Gasteiger partial charge in [-0.15, -0.1) is 0 Å². The Morgan fingerprint density at radius 1 is 1.16 bits per heavy atom. The van der Waals surface area contributed by atoms with E-state index in [-0.39, 0.29) is 11.8 Å². The minimum atomic E-state index is -0.235. The fourth-order valence-corrected chi connectivity index (χ4v) is 4.04. The Morgan fingerprint density at radius 3 is 2.84 bits per heavy atom. The van der Waals surface area contributed by atoms with Crippen LogP contribution in [0.15, 0.2) is 22.9 Å². The number of aromatic amines is 1. The van der Waals surface area contributed by atoms with Crippen LogP contribution in [0.4, 0.5) is 5.69 Å². The summed E-state index contributed by atoms with van der Waals surface area (Å²) in [6.07, 6.45) is 3.38. The second kappa shape index (κ2) is 7.21. The van der Waals surface area contributed by atoms with E-state index in [9.17, 15) is 9.59 Å². The molecule has 0 atom stereocenters. The normalized spacial score (nSPS) is 17.9. The highest BCUT2D eigenvalue weighted by Crippen LogP contribution is 2.37. The average molecular weight is 418 g/mol. The molecular weight excluding hydrogens is 396 g/mol. The van der Waals surface area contributed by atoms with Gasteiger partial charge in [0.1, 0.15) is 11.5 Å². The number of rotatable bonds is 0. The standard InChI is InChI=1S/C22H22N6O3/c1-11-6-15-16(25-11)8-14-13-7-17(24-10-18(13)26-21(14)29)20-12(2)31-27-19(20)9-23-4-5-28(3)22(15)30/h6-8,10,23,25H,4-5,9H2,1-3H3,(H,26,29)/b14-8-. The first kappa shape index (κ1) is 19.3. The van der Waals surface area contributed by atoms with Crippen molar-refractivity contribution in [2.24, 2.45) is 0 Å². The summed E-state index contributed by atoms with van der Waals surface area (Å²) in [7, 11) is 1.76. The monoisotopic (exact) mass is 418 g/mol. The Balaban J connectivity index is 1.72. The van der Waals surface area contributed by atoms with Gasteiger partial charge < -0.3 is 25.0 Å². The summed E-state index contributed by atoms with van der Waals surface area (Å²) < 4.78 is 5.42. The van der Waals surface area contributed by atoms with Gasteiger partial charge >= 0.3 is 0 Å². The number of aromatic nitrogens is 3. The number of amides is 2. The molecule has 9 nitrogen and oxygen atoms in total. The number of anilines is 1. The van der Waals surface area contributed by atoms with Crippen molar-refractivity contribution in [1.29, 1.82) is 0 Å². The van der Waals surface area contributed by atoms with E-state index in [0.29, 0.717) is 53.6 Å². The summed E-state index contributed by atoms with van der Waals surface area (Å²) in [5, 5.41) is 10.4. The molecule has 2 amide bonds. The molecule has 0 fully saturated rings. The number of fused-ring (bicyclic) bond motifs is 4. The molecule has 9 heteroatoms. The number of carbonyl (C=O) groups is 2. The van der Waals surface area contributed by atoms with Crippen molar-refractivity contribution in [3.05, 3.63) is 52.3 Å². The van der Waals surface area contributed by atoms with Gasteiger partial charge in [0.25, 0.3) is 11.8 Å². The van der Waals surface area contributed by atoms with E-state index in [1.54, 1.807) is 24.2 Å². The second-order valence-corrected chi connectivity index (χ2v) is 7.87. The van der Waals surface area contributed by atoms with E-state index in [1.807, 2.05) is 26.0 Å². The average Bonchev–Trinajstić information content (AvgIpc) is 3.39. The number of hydrogen-bond donors (Lipinski definition) is 3. The predicted molar refractivity (Wildman–Crippen MR) is 115 cm³/mol. The van der Waals surface area contributed by atoms with Gasteiger partial charge in [-0.25, -0.2) is 0 Å².